The molecule has 33 heavy (non-hydrogen) atoms. The summed E-state index contributed by atoms with van der Waals surface area (Å²) in [6, 6.07) is 13.1. The summed E-state index contributed by atoms with van der Waals surface area (Å²) < 4.78 is 36.5. The van der Waals surface area contributed by atoms with Gasteiger partial charge >= 0.3 is 0 Å². The Hall–Kier alpha value is -2.64. The lowest BCUT2D eigenvalue weighted by molar-refractivity contribution is 0.242. The van der Waals surface area contributed by atoms with Gasteiger partial charge in [0.1, 0.15) is 11.6 Å². The first-order valence-corrected chi connectivity index (χ1v) is 13.0. The van der Waals surface area contributed by atoms with Gasteiger partial charge in [0, 0.05) is 25.0 Å². The van der Waals surface area contributed by atoms with Crippen molar-refractivity contribution in [2.75, 3.05) is 7.11 Å². The van der Waals surface area contributed by atoms with E-state index in [1.165, 1.54) is 16.7 Å². The molecule has 1 heterocycles. The van der Waals surface area contributed by atoms with E-state index in [-0.39, 0.29) is 12.6 Å². The second-order valence-corrected chi connectivity index (χ2v) is 10.8. The summed E-state index contributed by atoms with van der Waals surface area (Å²) in [7, 11) is -2.10. The number of aryl methyl sites for hydroxylation is 2. The monoisotopic (exact) mass is 467 g/mol. The molecule has 2 aromatic carbocycles. The third-order valence-electron chi connectivity index (χ3n) is 6.59. The van der Waals surface area contributed by atoms with Crippen LogP contribution in [0.4, 0.5) is 0 Å². The topological polar surface area (TPSA) is 64.4 Å². The van der Waals surface area contributed by atoms with Gasteiger partial charge in [-0.05, 0) is 62.1 Å². The van der Waals surface area contributed by atoms with E-state index in [9.17, 15) is 8.42 Å². The second kappa shape index (κ2) is 10.1. The quantitative estimate of drug-likeness (QED) is 0.463. The Kier molecular flexibility index (Phi) is 7.20. The van der Waals surface area contributed by atoms with Gasteiger partial charge in [-0.2, -0.15) is 4.31 Å². The highest BCUT2D eigenvalue weighted by atomic mass is 32.2. The van der Waals surface area contributed by atoms with Crippen molar-refractivity contribution >= 4 is 10.0 Å². The van der Waals surface area contributed by atoms with Gasteiger partial charge < -0.3 is 9.30 Å². The molecule has 0 atom stereocenters. The zero-order chi connectivity index (χ0) is 23.4. The highest BCUT2D eigenvalue weighted by Crippen LogP contribution is 2.30. The van der Waals surface area contributed by atoms with E-state index in [1.807, 2.05) is 6.20 Å². The number of aromatic nitrogens is 2. The molecule has 0 N–H and O–H groups in total. The van der Waals surface area contributed by atoms with E-state index in [2.05, 4.69) is 41.6 Å². The Balaban J connectivity index is 1.65. The van der Waals surface area contributed by atoms with Crippen LogP contribution >= 0.6 is 0 Å². The minimum absolute atomic E-state index is 0.0169. The van der Waals surface area contributed by atoms with Gasteiger partial charge in [0.25, 0.3) is 0 Å². The summed E-state index contributed by atoms with van der Waals surface area (Å²) in [5.41, 5.74) is 3.65. The number of sulfonamides is 1. The maximum Gasteiger partial charge on any atom is 0.243 e. The van der Waals surface area contributed by atoms with Gasteiger partial charge in [-0.1, -0.05) is 43.0 Å². The molecular weight excluding hydrogens is 434 g/mol. The lowest BCUT2D eigenvalue weighted by atomic mass is 9.95. The van der Waals surface area contributed by atoms with Crippen LogP contribution < -0.4 is 4.74 Å². The fraction of sp³-hybridized carbons (Fsp3) is 0.423. The van der Waals surface area contributed by atoms with Crippen molar-refractivity contribution in [3.8, 4) is 5.75 Å². The highest BCUT2D eigenvalue weighted by Gasteiger charge is 2.33. The van der Waals surface area contributed by atoms with E-state index in [0.29, 0.717) is 17.2 Å². The van der Waals surface area contributed by atoms with Crippen LogP contribution in [0.3, 0.4) is 0 Å². The SMILES string of the molecule is COc1ccc(S(=O)(=O)N(Cc2nccn2Cc2cc(C)ccc2C)C2CCCCC2)cc1. The molecular formula is C26H33N3O3S. The molecule has 0 aliphatic heterocycles. The maximum atomic E-state index is 13.8. The molecule has 0 saturated heterocycles. The van der Waals surface area contributed by atoms with Gasteiger partial charge in [0.15, 0.2) is 0 Å². The molecule has 0 unspecified atom stereocenters. The van der Waals surface area contributed by atoms with Crippen LogP contribution in [-0.4, -0.2) is 35.4 Å². The average Bonchev–Trinajstić information content (AvgIpc) is 3.27. The average molecular weight is 468 g/mol. The predicted octanol–water partition coefficient (Wildman–Crippen LogP) is 5.08. The highest BCUT2D eigenvalue weighted by molar-refractivity contribution is 7.89. The van der Waals surface area contributed by atoms with Gasteiger partial charge in [0.2, 0.25) is 10.0 Å². The van der Waals surface area contributed by atoms with Crippen molar-refractivity contribution in [3.63, 3.8) is 0 Å². The molecule has 176 valence electrons. The van der Waals surface area contributed by atoms with E-state index < -0.39 is 10.0 Å². The normalized spacial score (nSPS) is 15.2. The van der Waals surface area contributed by atoms with E-state index in [1.54, 1.807) is 41.9 Å². The zero-order valence-corrected chi connectivity index (χ0v) is 20.5. The second-order valence-electron chi connectivity index (χ2n) is 8.92. The fourth-order valence-corrected chi connectivity index (χ4v) is 6.23. The lowest BCUT2D eigenvalue weighted by Crippen LogP contribution is -2.41. The lowest BCUT2D eigenvalue weighted by Gasteiger charge is -2.33. The molecule has 3 aromatic rings. The van der Waals surface area contributed by atoms with Crippen LogP contribution in [0.15, 0.2) is 59.8 Å². The van der Waals surface area contributed by atoms with Crippen molar-refractivity contribution in [2.24, 2.45) is 0 Å². The van der Waals surface area contributed by atoms with Crippen molar-refractivity contribution in [3.05, 3.63) is 77.4 Å². The minimum atomic E-state index is -3.68. The number of methoxy groups -OCH3 is 1. The predicted molar refractivity (Wildman–Crippen MR) is 130 cm³/mol. The zero-order valence-electron chi connectivity index (χ0n) is 19.7. The molecule has 0 spiro atoms. The van der Waals surface area contributed by atoms with Crippen LogP contribution in [-0.2, 0) is 23.1 Å². The Bertz CT molecular complexity index is 1180. The molecule has 0 radical (unpaired) electrons. The first-order valence-electron chi connectivity index (χ1n) is 11.6. The molecule has 1 aromatic heterocycles. The van der Waals surface area contributed by atoms with Gasteiger partial charge in [0.05, 0.1) is 18.6 Å². The van der Waals surface area contributed by atoms with E-state index >= 15 is 0 Å². The first-order chi connectivity index (χ1) is 15.9. The van der Waals surface area contributed by atoms with Crippen molar-refractivity contribution in [1.29, 1.82) is 0 Å². The third-order valence-corrected chi connectivity index (χ3v) is 8.50. The van der Waals surface area contributed by atoms with E-state index in [4.69, 9.17) is 4.74 Å². The summed E-state index contributed by atoms with van der Waals surface area (Å²) in [4.78, 5) is 4.86. The molecule has 1 fully saturated rings. The van der Waals surface area contributed by atoms with Gasteiger partial charge in [-0.3, -0.25) is 0 Å². The largest absolute Gasteiger partial charge is 0.497 e. The maximum absolute atomic E-state index is 13.8. The van der Waals surface area contributed by atoms with Crippen LogP contribution in [0.1, 0.15) is 54.6 Å². The number of ether oxygens (including phenoxy) is 1. The minimum Gasteiger partial charge on any atom is -0.497 e. The number of hydrogen-bond acceptors (Lipinski definition) is 4. The Morgan fingerprint density at radius 3 is 2.48 bits per heavy atom. The van der Waals surface area contributed by atoms with Crippen molar-refractivity contribution < 1.29 is 13.2 Å². The summed E-state index contributed by atoms with van der Waals surface area (Å²) in [5, 5.41) is 0. The van der Waals surface area contributed by atoms with Crippen LogP contribution in [0, 0.1) is 13.8 Å². The number of benzene rings is 2. The Labute approximate surface area is 197 Å². The van der Waals surface area contributed by atoms with Crippen LogP contribution in [0.2, 0.25) is 0 Å². The van der Waals surface area contributed by atoms with E-state index in [0.717, 1.165) is 37.9 Å². The molecule has 1 saturated carbocycles. The summed E-state index contributed by atoms with van der Waals surface area (Å²) in [6.45, 7) is 5.12. The molecule has 1 aliphatic rings. The molecule has 6 nitrogen and oxygen atoms in total. The van der Waals surface area contributed by atoms with Crippen LogP contribution in [0.25, 0.3) is 0 Å². The van der Waals surface area contributed by atoms with Crippen molar-refractivity contribution in [1.82, 2.24) is 13.9 Å². The standard InChI is InChI=1S/C26H33N3O3S/c1-20-9-10-21(2)22(17-20)18-28-16-15-27-26(28)19-29(23-7-5-4-6-8-23)33(30,31)25-13-11-24(32-3)12-14-25/h9-17,23H,4-8,18-19H2,1-3H3. The number of imidazole rings is 1. The van der Waals surface area contributed by atoms with Gasteiger partial charge in [-0.25, -0.2) is 13.4 Å². The number of rotatable bonds is 8. The molecule has 1 aliphatic carbocycles. The van der Waals surface area contributed by atoms with Crippen molar-refractivity contribution in [2.45, 2.75) is 70.0 Å². The van der Waals surface area contributed by atoms with Gasteiger partial charge in [-0.15, -0.1) is 0 Å². The summed E-state index contributed by atoms with van der Waals surface area (Å²) >= 11 is 0. The molecule has 7 heteroatoms. The smallest absolute Gasteiger partial charge is 0.243 e. The van der Waals surface area contributed by atoms with Crippen LogP contribution in [0.5, 0.6) is 5.75 Å². The molecule has 0 bridgehead atoms. The number of nitrogens with zero attached hydrogens (tertiary/aromatic N) is 3. The third kappa shape index (κ3) is 5.31. The Morgan fingerprint density at radius 1 is 1.06 bits per heavy atom. The first kappa shape index (κ1) is 23.5. The Morgan fingerprint density at radius 2 is 1.79 bits per heavy atom. The fourth-order valence-electron chi connectivity index (χ4n) is 4.59. The molecule has 0 amide bonds. The summed E-state index contributed by atoms with van der Waals surface area (Å²) in [6.07, 6.45) is 8.73. The summed E-state index contributed by atoms with van der Waals surface area (Å²) in [5.74, 6) is 1.40. The number of hydrogen-bond donors (Lipinski definition) is 0. The molecule has 4 rings (SSSR count).